The van der Waals surface area contributed by atoms with Crippen LogP contribution in [0.4, 0.5) is 0 Å². The molecule has 6 nitrogen and oxygen atoms in total. The number of Topliss-reactive ketones (excluding diaryl/α,β-unsaturated/α-hetero) is 2. The highest BCUT2D eigenvalue weighted by Crippen LogP contribution is 2.56. The summed E-state index contributed by atoms with van der Waals surface area (Å²) in [5, 5.41) is 10.1. The first-order chi connectivity index (χ1) is 14.4. The maximum atomic E-state index is 12.8. The molecular weight excluding hydrogens is 396 g/mol. The second-order valence-corrected chi connectivity index (χ2v) is 9.75. The minimum atomic E-state index is -1.28. The maximum absolute atomic E-state index is 12.8. The van der Waals surface area contributed by atoms with E-state index in [0.29, 0.717) is 31.1 Å². The van der Waals surface area contributed by atoms with Crippen molar-refractivity contribution in [2.24, 2.45) is 23.7 Å². The van der Waals surface area contributed by atoms with Gasteiger partial charge in [-0.3, -0.25) is 14.4 Å². The van der Waals surface area contributed by atoms with Crippen LogP contribution in [0.2, 0.25) is 0 Å². The summed E-state index contributed by atoms with van der Waals surface area (Å²) in [5.74, 6) is -1.61. The fourth-order valence-corrected chi connectivity index (χ4v) is 5.47. The topological polar surface area (TPSA) is 89.9 Å². The summed E-state index contributed by atoms with van der Waals surface area (Å²) in [6.07, 6.45) is 4.29. The summed E-state index contributed by atoms with van der Waals surface area (Å²) >= 11 is 0. The molecule has 1 aliphatic heterocycles. The zero-order chi connectivity index (χ0) is 23.6. The predicted octanol–water partition coefficient (Wildman–Crippen LogP) is 3.81. The molecule has 174 valence electrons. The van der Waals surface area contributed by atoms with E-state index in [1.807, 2.05) is 20.8 Å². The lowest BCUT2D eigenvalue weighted by Gasteiger charge is -2.37. The summed E-state index contributed by atoms with van der Waals surface area (Å²) in [5.41, 5.74) is 0.217. The van der Waals surface area contributed by atoms with Crippen LogP contribution in [0.5, 0.6) is 0 Å². The molecule has 1 saturated heterocycles. The summed E-state index contributed by atoms with van der Waals surface area (Å²) in [4.78, 5) is 36.3. The van der Waals surface area contributed by atoms with Gasteiger partial charge in [0.15, 0.2) is 23.5 Å². The number of aliphatic hydroxyl groups is 1. The van der Waals surface area contributed by atoms with Crippen LogP contribution in [0.3, 0.4) is 0 Å². The average molecular weight is 435 g/mol. The molecule has 1 saturated carbocycles. The lowest BCUT2D eigenvalue weighted by molar-refractivity contribution is -0.188. The molecule has 6 atom stereocenters. The van der Waals surface area contributed by atoms with Crippen molar-refractivity contribution in [1.29, 1.82) is 0 Å². The number of hydrogen-bond acceptors (Lipinski definition) is 6. The van der Waals surface area contributed by atoms with Crippen molar-refractivity contribution < 1.29 is 29.0 Å². The van der Waals surface area contributed by atoms with Crippen LogP contribution in [0.1, 0.15) is 67.2 Å². The SMILES string of the molecule is C=C(C)C(=O)C/C(C)=C/CC(C(CC)CO)C1CC2OC(C)(C)OC2(C(=O)C=O)C1C. The number of allylic oxidation sites excluding steroid dienone is 3. The van der Waals surface area contributed by atoms with Gasteiger partial charge in [0.25, 0.3) is 0 Å². The fraction of sp³-hybridized carbons (Fsp3) is 0.720. The molecule has 6 unspecified atom stereocenters. The molecule has 0 radical (unpaired) electrons. The largest absolute Gasteiger partial charge is 0.396 e. The third-order valence-electron chi connectivity index (χ3n) is 7.18. The van der Waals surface area contributed by atoms with E-state index in [4.69, 9.17) is 9.47 Å². The minimum absolute atomic E-state index is 0.0165. The van der Waals surface area contributed by atoms with E-state index in [-0.39, 0.29) is 36.1 Å². The van der Waals surface area contributed by atoms with Crippen LogP contribution in [0.25, 0.3) is 0 Å². The number of ether oxygens (including phenoxy) is 2. The van der Waals surface area contributed by atoms with Crippen molar-refractivity contribution >= 4 is 17.9 Å². The molecule has 0 aromatic rings. The molecule has 0 bridgehead atoms. The zero-order valence-electron chi connectivity index (χ0n) is 19.8. The van der Waals surface area contributed by atoms with E-state index in [9.17, 15) is 19.5 Å². The Balaban J connectivity index is 2.33. The Morgan fingerprint density at radius 1 is 1.29 bits per heavy atom. The normalized spacial score (nSPS) is 31.7. The van der Waals surface area contributed by atoms with Gasteiger partial charge in [0.1, 0.15) is 0 Å². The molecule has 2 fully saturated rings. The van der Waals surface area contributed by atoms with E-state index in [2.05, 4.69) is 12.7 Å². The number of hydrogen-bond donors (Lipinski definition) is 1. The highest BCUT2D eigenvalue weighted by atomic mass is 16.8. The van der Waals surface area contributed by atoms with Crippen molar-refractivity contribution in [2.75, 3.05) is 6.61 Å². The van der Waals surface area contributed by atoms with Crippen LogP contribution in [0, 0.1) is 23.7 Å². The van der Waals surface area contributed by atoms with Gasteiger partial charge in [-0.2, -0.15) is 0 Å². The van der Waals surface area contributed by atoms with Gasteiger partial charge in [-0.1, -0.05) is 38.5 Å². The van der Waals surface area contributed by atoms with Gasteiger partial charge in [0.05, 0.1) is 6.10 Å². The second-order valence-electron chi connectivity index (χ2n) is 9.75. The van der Waals surface area contributed by atoms with E-state index in [1.165, 1.54) is 0 Å². The van der Waals surface area contributed by atoms with Gasteiger partial charge in [0.2, 0.25) is 5.78 Å². The van der Waals surface area contributed by atoms with E-state index in [0.717, 1.165) is 12.0 Å². The number of rotatable bonds is 11. The quantitative estimate of drug-likeness (QED) is 0.230. The van der Waals surface area contributed by atoms with Crippen molar-refractivity contribution in [3.63, 3.8) is 0 Å². The zero-order valence-corrected chi connectivity index (χ0v) is 19.8. The van der Waals surface area contributed by atoms with Gasteiger partial charge in [-0.15, -0.1) is 0 Å². The van der Waals surface area contributed by atoms with Crippen LogP contribution in [-0.4, -0.2) is 47.1 Å². The number of aliphatic hydroxyl groups excluding tert-OH is 1. The molecule has 1 N–H and O–H groups in total. The van der Waals surface area contributed by atoms with Gasteiger partial charge in [0, 0.05) is 13.0 Å². The molecule has 1 heterocycles. The van der Waals surface area contributed by atoms with E-state index in [1.54, 1.807) is 20.8 Å². The van der Waals surface area contributed by atoms with Gasteiger partial charge < -0.3 is 14.6 Å². The highest BCUT2D eigenvalue weighted by molar-refractivity contribution is 6.29. The number of carbonyl (C=O) groups excluding carboxylic acids is 3. The first kappa shape index (κ1) is 25.6. The molecule has 1 aliphatic carbocycles. The van der Waals surface area contributed by atoms with Gasteiger partial charge >= 0.3 is 0 Å². The lowest BCUT2D eigenvalue weighted by atomic mass is 9.71. The molecule has 0 aromatic carbocycles. The molecular formula is C25H38O6. The number of aldehydes is 1. The molecule has 6 heteroatoms. The van der Waals surface area contributed by atoms with Gasteiger partial charge in [-0.05, 0) is 69.8 Å². The number of ketones is 2. The van der Waals surface area contributed by atoms with Crippen LogP contribution >= 0.6 is 0 Å². The Labute approximate surface area is 186 Å². The smallest absolute Gasteiger partial charge is 0.229 e. The average Bonchev–Trinajstić information content (AvgIpc) is 3.12. The highest BCUT2D eigenvalue weighted by Gasteiger charge is 2.67. The first-order valence-corrected chi connectivity index (χ1v) is 11.3. The minimum Gasteiger partial charge on any atom is -0.396 e. The monoisotopic (exact) mass is 434 g/mol. The molecule has 0 spiro atoms. The van der Waals surface area contributed by atoms with Crippen LogP contribution in [-0.2, 0) is 23.9 Å². The Hall–Kier alpha value is -1.63. The van der Waals surface area contributed by atoms with Gasteiger partial charge in [-0.25, -0.2) is 0 Å². The Morgan fingerprint density at radius 3 is 2.45 bits per heavy atom. The van der Waals surface area contributed by atoms with Crippen molar-refractivity contribution in [3.8, 4) is 0 Å². The van der Waals surface area contributed by atoms with Crippen molar-refractivity contribution in [2.45, 2.75) is 84.7 Å². The van der Waals surface area contributed by atoms with Crippen molar-refractivity contribution in [1.82, 2.24) is 0 Å². The summed E-state index contributed by atoms with van der Waals surface area (Å²) in [6, 6.07) is 0. The van der Waals surface area contributed by atoms with E-state index >= 15 is 0 Å². The second kappa shape index (κ2) is 9.88. The number of fused-ring (bicyclic) bond motifs is 1. The summed E-state index contributed by atoms with van der Waals surface area (Å²) in [6.45, 7) is 14.9. The summed E-state index contributed by atoms with van der Waals surface area (Å²) < 4.78 is 12.2. The first-order valence-electron chi connectivity index (χ1n) is 11.3. The van der Waals surface area contributed by atoms with Crippen LogP contribution in [0.15, 0.2) is 23.8 Å². The Kier molecular flexibility index (Phi) is 8.17. The Bertz CT molecular complexity index is 747. The van der Waals surface area contributed by atoms with E-state index < -0.39 is 23.3 Å². The third kappa shape index (κ3) is 5.07. The third-order valence-corrected chi connectivity index (χ3v) is 7.18. The fourth-order valence-electron chi connectivity index (χ4n) is 5.47. The molecule has 2 rings (SSSR count). The van der Waals surface area contributed by atoms with Crippen molar-refractivity contribution in [3.05, 3.63) is 23.8 Å². The molecule has 0 amide bonds. The predicted molar refractivity (Wildman–Crippen MR) is 118 cm³/mol. The summed E-state index contributed by atoms with van der Waals surface area (Å²) in [7, 11) is 0. The molecule has 2 aliphatic rings. The molecule has 31 heavy (non-hydrogen) atoms. The number of carbonyl (C=O) groups is 3. The lowest BCUT2D eigenvalue weighted by Crippen LogP contribution is -2.50. The maximum Gasteiger partial charge on any atom is 0.229 e. The van der Waals surface area contributed by atoms with Crippen LogP contribution < -0.4 is 0 Å². The Morgan fingerprint density at radius 2 is 1.94 bits per heavy atom. The molecule has 0 aromatic heterocycles. The standard InChI is InChI=1S/C25H38O6/c1-8-18(13-26)19(10-9-16(4)11-21(28)15(2)3)20-12-23-25(17(20)5,22(29)14-27)31-24(6,7)30-23/h9,14,17-20,23,26H,2,8,10-13H2,1,3-7H3/b16-9+.